The zero-order valence-electron chi connectivity index (χ0n) is 19.0. The molecule has 10 heteroatoms. The van der Waals surface area contributed by atoms with Crippen molar-refractivity contribution in [3.8, 4) is 0 Å². The number of hydrogen-bond donors (Lipinski definition) is 0. The second-order valence-corrected chi connectivity index (χ2v) is 9.84. The fourth-order valence-corrected chi connectivity index (χ4v) is 5.85. The molecule has 2 aromatic rings. The van der Waals surface area contributed by atoms with Gasteiger partial charge < -0.3 is 19.6 Å². The summed E-state index contributed by atoms with van der Waals surface area (Å²) in [6.45, 7) is 3.65. The number of hydrogen-bond acceptors (Lipinski definition) is 7. The minimum atomic E-state index is -0.840. The van der Waals surface area contributed by atoms with E-state index < -0.39 is 5.25 Å². The molecule has 178 valence electrons. The number of benzene rings is 1. The zero-order valence-corrected chi connectivity index (χ0v) is 19.8. The van der Waals surface area contributed by atoms with Crippen LogP contribution in [0, 0.1) is 0 Å². The molecule has 1 atom stereocenters. The van der Waals surface area contributed by atoms with Crippen LogP contribution in [-0.2, 0) is 14.4 Å². The Bertz CT molecular complexity index is 1050. The zero-order chi connectivity index (χ0) is 23.5. The third-order valence-corrected chi connectivity index (χ3v) is 7.78. The van der Waals surface area contributed by atoms with Crippen LogP contribution in [0.5, 0.6) is 0 Å². The van der Waals surface area contributed by atoms with E-state index in [2.05, 4.69) is 14.9 Å². The van der Waals surface area contributed by atoms with Gasteiger partial charge in [-0.2, -0.15) is 0 Å². The molecule has 2 saturated heterocycles. The third-order valence-electron chi connectivity index (χ3n) is 6.54. The van der Waals surface area contributed by atoms with Crippen molar-refractivity contribution < 1.29 is 14.4 Å². The summed E-state index contributed by atoms with van der Waals surface area (Å²) in [4.78, 5) is 56.5. The van der Waals surface area contributed by atoms with Crippen LogP contribution < -0.4 is 9.80 Å². The summed E-state index contributed by atoms with van der Waals surface area (Å²) >= 11 is 1.30. The number of piperidine rings is 1. The number of anilines is 2. The highest BCUT2D eigenvalue weighted by Gasteiger charge is 2.41. The van der Waals surface area contributed by atoms with E-state index in [0.717, 1.165) is 24.2 Å². The summed E-state index contributed by atoms with van der Waals surface area (Å²) in [5, 5.41) is -0.840. The summed E-state index contributed by atoms with van der Waals surface area (Å²) in [6, 6.07) is 9.29. The van der Waals surface area contributed by atoms with Gasteiger partial charge in [-0.1, -0.05) is 12.1 Å². The van der Waals surface area contributed by atoms with Gasteiger partial charge in [0, 0.05) is 56.6 Å². The van der Waals surface area contributed by atoms with Gasteiger partial charge in [0.2, 0.25) is 17.8 Å². The van der Waals surface area contributed by atoms with Crippen LogP contribution in [-0.4, -0.2) is 88.6 Å². The van der Waals surface area contributed by atoms with Gasteiger partial charge in [-0.25, -0.2) is 9.97 Å². The SMILES string of the molecule is O=C(CN1C(=O)C(C(=O)N2CCCCC2)Sc2ccccc21)N1CCN(c2ncccn2)CC1. The average molecular weight is 481 g/mol. The van der Waals surface area contributed by atoms with Gasteiger partial charge in [-0.3, -0.25) is 14.4 Å². The van der Waals surface area contributed by atoms with E-state index in [1.165, 1.54) is 16.7 Å². The molecule has 0 aliphatic carbocycles. The topological polar surface area (TPSA) is 90.0 Å². The van der Waals surface area contributed by atoms with E-state index in [-0.39, 0.29) is 24.3 Å². The van der Waals surface area contributed by atoms with Crippen LogP contribution in [0.1, 0.15) is 19.3 Å². The Balaban J connectivity index is 1.28. The first-order valence-corrected chi connectivity index (χ1v) is 12.7. The third kappa shape index (κ3) is 4.59. The summed E-state index contributed by atoms with van der Waals surface area (Å²) in [7, 11) is 0. The van der Waals surface area contributed by atoms with Crippen molar-refractivity contribution in [3.05, 3.63) is 42.7 Å². The van der Waals surface area contributed by atoms with Crippen molar-refractivity contribution in [1.29, 1.82) is 0 Å². The summed E-state index contributed by atoms with van der Waals surface area (Å²) in [5.41, 5.74) is 0.699. The number of piperazine rings is 1. The maximum Gasteiger partial charge on any atom is 0.250 e. The molecule has 9 nitrogen and oxygen atoms in total. The van der Waals surface area contributed by atoms with Crippen molar-refractivity contribution in [2.75, 3.05) is 55.6 Å². The number of nitrogens with zero attached hydrogens (tertiary/aromatic N) is 6. The smallest absolute Gasteiger partial charge is 0.250 e. The monoisotopic (exact) mass is 480 g/mol. The van der Waals surface area contributed by atoms with E-state index in [0.29, 0.717) is 50.9 Å². The highest BCUT2D eigenvalue weighted by Crippen LogP contribution is 2.40. The molecule has 3 aliphatic rings. The van der Waals surface area contributed by atoms with Gasteiger partial charge in [-0.05, 0) is 37.5 Å². The van der Waals surface area contributed by atoms with E-state index in [9.17, 15) is 14.4 Å². The van der Waals surface area contributed by atoms with Crippen LogP contribution in [0.2, 0.25) is 0 Å². The average Bonchev–Trinajstić information content (AvgIpc) is 2.90. The largest absolute Gasteiger partial charge is 0.341 e. The maximum atomic E-state index is 13.5. The molecule has 3 amide bonds. The van der Waals surface area contributed by atoms with Gasteiger partial charge in [-0.15, -0.1) is 11.8 Å². The Morgan fingerprint density at radius 1 is 0.882 bits per heavy atom. The minimum absolute atomic E-state index is 0.0674. The van der Waals surface area contributed by atoms with Crippen LogP contribution >= 0.6 is 11.8 Å². The first kappa shape index (κ1) is 22.6. The lowest BCUT2D eigenvalue weighted by molar-refractivity contribution is -0.137. The standard InChI is InChI=1S/C24H28N6O3S/c31-20(27-13-15-29(16-14-27)24-25-9-6-10-26-24)17-30-18-7-2-3-8-19(18)34-21(23(30)33)22(32)28-11-4-1-5-12-28/h2-3,6-10,21H,1,4-5,11-17H2. The molecule has 1 aromatic carbocycles. The molecular formula is C24H28N6O3S. The van der Waals surface area contributed by atoms with Gasteiger partial charge in [0.15, 0.2) is 5.25 Å². The number of aromatic nitrogens is 2. The number of thioether (sulfide) groups is 1. The number of amides is 3. The molecule has 0 bridgehead atoms. The number of rotatable bonds is 4. The normalized spacial score (nSPS) is 20.8. The van der Waals surface area contributed by atoms with E-state index in [4.69, 9.17) is 0 Å². The molecule has 0 spiro atoms. The fourth-order valence-electron chi connectivity index (χ4n) is 4.66. The second-order valence-electron chi connectivity index (χ2n) is 8.69. The summed E-state index contributed by atoms with van der Waals surface area (Å²) in [5.74, 6) is 0.0979. The van der Waals surface area contributed by atoms with E-state index >= 15 is 0 Å². The van der Waals surface area contributed by atoms with Crippen LogP contribution in [0.3, 0.4) is 0 Å². The highest BCUT2D eigenvalue weighted by atomic mass is 32.2. The Morgan fingerprint density at radius 3 is 2.32 bits per heavy atom. The molecule has 1 unspecified atom stereocenters. The van der Waals surface area contributed by atoms with Crippen molar-refractivity contribution in [2.45, 2.75) is 29.4 Å². The van der Waals surface area contributed by atoms with Crippen LogP contribution in [0.25, 0.3) is 0 Å². The number of likely N-dealkylation sites (tertiary alicyclic amines) is 1. The van der Waals surface area contributed by atoms with Crippen molar-refractivity contribution in [1.82, 2.24) is 19.8 Å². The molecule has 0 N–H and O–H groups in total. The van der Waals surface area contributed by atoms with Gasteiger partial charge in [0.05, 0.1) is 5.69 Å². The Labute approximate surface area is 203 Å². The number of carbonyl (C=O) groups is 3. The van der Waals surface area contributed by atoms with E-state index in [1.54, 1.807) is 28.3 Å². The Morgan fingerprint density at radius 2 is 1.59 bits per heavy atom. The highest BCUT2D eigenvalue weighted by molar-refractivity contribution is 8.01. The molecule has 5 rings (SSSR count). The van der Waals surface area contributed by atoms with E-state index in [1.807, 2.05) is 24.3 Å². The molecule has 0 radical (unpaired) electrons. The lowest BCUT2D eigenvalue weighted by Crippen LogP contribution is -2.55. The minimum Gasteiger partial charge on any atom is -0.341 e. The van der Waals surface area contributed by atoms with Crippen molar-refractivity contribution >= 4 is 41.1 Å². The molecule has 4 heterocycles. The summed E-state index contributed by atoms with van der Waals surface area (Å²) < 4.78 is 0. The quantitative estimate of drug-likeness (QED) is 0.615. The first-order valence-electron chi connectivity index (χ1n) is 11.8. The molecule has 2 fully saturated rings. The second kappa shape index (κ2) is 10.0. The molecule has 34 heavy (non-hydrogen) atoms. The molecule has 0 saturated carbocycles. The first-order chi connectivity index (χ1) is 16.6. The number of carbonyl (C=O) groups excluding carboxylic acids is 3. The molecular weight excluding hydrogens is 452 g/mol. The molecule has 3 aliphatic heterocycles. The molecule has 1 aromatic heterocycles. The van der Waals surface area contributed by atoms with Gasteiger partial charge in [0.1, 0.15) is 6.54 Å². The maximum absolute atomic E-state index is 13.5. The Hall–Kier alpha value is -3.14. The number of para-hydroxylation sites is 1. The van der Waals surface area contributed by atoms with Crippen molar-refractivity contribution in [2.24, 2.45) is 0 Å². The van der Waals surface area contributed by atoms with Gasteiger partial charge >= 0.3 is 0 Å². The predicted molar refractivity (Wildman–Crippen MR) is 130 cm³/mol. The fraction of sp³-hybridized carbons (Fsp3) is 0.458. The summed E-state index contributed by atoms with van der Waals surface area (Å²) in [6.07, 6.45) is 6.46. The van der Waals surface area contributed by atoms with Gasteiger partial charge in [0.25, 0.3) is 5.91 Å². The number of fused-ring (bicyclic) bond motifs is 1. The van der Waals surface area contributed by atoms with Crippen molar-refractivity contribution in [3.63, 3.8) is 0 Å². The lowest BCUT2D eigenvalue weighted by Gasteiger charge is -2.38. The predicted octanol–water partition coefficient (Wildman–Crippen LogP) is 1.65. The van der Waals surface area contributed by atoms with Crippen LogP contribution in [0.15, 0.2) is 47.6 Å². The van der Waals surface area contributed by atoms with Crippen LogP contribution in [0.4, 0.5) is 11.6 Å². The lowest BCUT2D eigenvalue weighted by atomic mass is 10.1. The Kier molecular flexibility index (Phi) is 6.66.